The van der Waals surface area contributed by atoms with Crippen molar-refractivity contribution < 1.29 is 22.7 Å². The van der Waals surface area contributed by atoms with E-state index < -0.39 is 21.6 Å². The number of carbonyl (C=O) groups is 1. The van der Waals surface area contributed by atoms with E-state index in [9.17, 15) is 17.6 Å². The Balaban J connectivity index is 2.19. The summed E-state index contributed by atoms with van der Waals surface area (Å²) < 4.78 is 37.2. The van der Waals surface area contributed by atoms with Gasteiger partial charge in [-0.05, 0) is 35.4 Å². The Bertz CT molecular complexity index is 734. The average Bonchev–Trinajstić information content (AvgIpc) is 2.41. The van der Waals surface area contributed by atoms with Gasteiger partial charge in [-0.2, -0.15) is 0 Å². The molecule has 4 nitrogen and oxygen atoms in total. The van der Waals surface area contributed by atoms with Gasteiger partial charge in [-0.15, -0.1) is 0 Å². The normalized spacial score (nSPS) is 11.3. The summed E-state index contributed by atoms with van der Waals surface area (Å²) in [4.78, 5) is 10.7. The molecule has 0 heterocycles. The molecular weight excluding hydrogens is 295 g/mol. The van der Waals surface area contributed by atoms with Gasteiger partial charge < -0.3 is 5.11 Å². The largest absolute Gasteiger partial charge is 0.481 e. The van der Waals surface area contributed by atoms with Gasteiger partial charge in [0.2, 0.25) is 0 Å². The molecule has 0 aliphatic heterocycles. The average molecular weight is 308 g/mol. The zero-order chi connectivity index (χ0) is 15.5. The molecule has 0 aromatic heterocycles. The number of benzene rings is 2. The van der Waals surface area contributed by atoms with Crippen LogP contribution in [0.1, 0.15) is 11.1 Å². The molecule has 6 heteroatoms. The van der Waals surface area contributed by atoms with Crippen molar-refractivity contribution >= 4 is 15.8 Å². The summed E-state index contributed by atoms with van der Waals surface area (Å²) in [6.07, 6.45) is -0.154. The Hall–Kier alpha value is -2.21. The highest BCUT2D eigenvalue weighted by Crippen LogP contribution is 2.17. The maximum atomic E-state index is 12.8. The molecule has 0 spiro atoms. The highest BCUT2D eigenvalue weighted by Gasteiger charge is 2.15. The van der Waals surface area contributed by atoms with Crippen molar-refractivity contribution in [2.24, 2.45) is 0 Å². The fourth-order valence-electron chi connectivity index (χ4n) is 1.87. The molecule has 1 N–H and O–H groups in total. The number of aliphatic carboxylic acids is 1. The Morgan fingerprint density at radius 2 is 1.48 bits per heavy atom. The summed E-state index contributed by atoms with van der Waals surface area (Å²) in [5.41, 5.74) is 1.02. The second-order valence-electron chi connectivity index (χ2n) is 4.60. The Morgan fingerprint density at radius 3 is 2.00 bits per heavy atom. The van der Waals surface area contributed by atoms with E-state index in [1.807, 2.05) is 0 Å². The van der Waals surface area contributed by atoms with Crippen LogP contribution in [-0.4, -0.2) is 19.5 Å². The van der Waals surface area contributed by atoms with Gasteiger partial charge in [0.25, 0.3) is 0 Å². The first-order valence-corrected chi connectivity index (χ1v) is 7.80. The summed E-state index contributed by atoms with van der Waals surface area (Å²) in [7, 11) is -3.54. The summed E-state index contributed by atoms with van der Waals surface area (Å²) in [5, 5.41) is 8.66. The molecule has 2 aromatic carbocycles. The second-order valence-corrected chi connectivity index (χ2v) is 6.59. The molecule has 0 radical (unpaired) electrons. The predicted molar refractivity (Wildman–Crippen MR) is 75.1 cm³/mol. The Labute approximate surface area is 121 Å². The van der Waals surface area contributed by atoms with E-state index in [4.69, 9.17) is 5.11 Å². The van der Waals surface area contributed by atoms with Crippen molar-refractivity contribution in [1.29, 1.82) is 0 Å². The van der Waals surface area contributed by atoms with E-state index in [2.05, 4.69) is 0 Å². The van der Waals surface area contributed by atoms with E-state index in [-0.39, 0.29) is 17.1 Å². The molecular formula is C15H13FO4S. The number of carboxylic acid groups (broad SMARTS) is 1. The third-order valence-corrected chi connectivity index (χ3v) is 4.61. The second kappa shape index (κ2) is 6.05. The first-order chi connectivity index (χ1) is 9.87. The van der Waals surface area contributed by atoms with Crippen LogP contribution in [0.4, 0.5) is 4.39 Å². The lowest BCUT2D eigenvalue weighted by Crippen LogP contribution is -2.06. The number of hydrogen-bond acceptors (Lipinski definition) is 3. The standard InChI is InChI=1S/C15H13FO4S/c16-13-5-1-12(2-6-13)10-21(19,20)14-7-3-11(4-8-14)9-15(17)18/h1-8H,9-10H2,(H,17,18). The molecule has 0 atom stereocenters. The van der Waals surface area contributed by atoms with Crippen LogP contribution in [0, 0.1) is 5.82 Å². The quantitative estimate of drug-likeness (QED) is 0.921. The highest BCUT2D eigenvalue weighted by atomic mass is 32.2. The van der Waals surface area contributed by atoms with Crippen LogP contribution >= 0.6 is 0 Å². The van der Waals surface area contributed by atoms with E-state index in [1.165, 1.54) is 48.5 Å². The van der Waals surface area contributed by atoms with Crippen molar-refractivity contribution in [3.05, 3.63) is 65.5 Å². The van der Waals surface area contributed by atoms with Crippen LogP contribution in [-0.2, 0) is 26.8 Å². The highest BCUT2D eigenvalue weighted by molar-refractivity contribution is 7.90. The molecule has 110 valence electrons. The molecule has 0 fully saturated rings. The van der Waals surface area contributed by atoms with Gasteiger partial charge in [-0.1, -0.05) is 24.3 Å². The van der Waals surface area contributed by atoms with E-state index >= 15 is 0 Å². The molecule has 0 unspecified atom stereocenters. The zero-order valence-electron chi connectivity index (χ0n) is 11.0. The number of sulfone groups is 1. The van der Waals surface area contributed by atoms with Crippen molar-refractivity contribution in [1.82, 2.24) is 0 Å². The van der Waals surface area contributed by atoms with Crippen molar-refractivity contribution in [2.75, 3.05) is 0 Å². The predicted octanol–water partition coefficient (Wildman–Crippen LogP) is 2.43. The van der Waals surface area contributed by atoms with E-state index in [0.717, 1.165) is 0 Å². The molecule has 0 saturated carbocycles. The monoisotopic (exact) mass is 308 g/mol. The van der Waals surface area contributed by atoms with Crippen LogP contribution in [0.2, 0.25) is 0 Å². The molecule has 0 bridgehead atoms. The van der Waals surface area contributed by atoms with Gasteiger partial charge in [0, 0.05) is 0 Å². The lowest BCUT2D eigenvalue weighted by Gasteiger charge is -2.06. The molecule has 0 aliphatic rings. The number of hydrogen-bond donors (Lipinski definition) is 1. The van der Waals surface area contributed by atoms with Crippen molar-refractivity contribution in [3.8, 4) is 0 Å². The third-order valence-electron chi connectivity index (χ3n) is 2.91. The summed E-state index contributed by atoms with van der Waals surface area (Å²) >= 11 is 0. The van der Waals surface area contributed by atoms with Crippen molar-refractivity contribution in [2.45, 2.75) is 17.1 Å². The van der Waals surface area contributed by atoms with Crippen LogP contribution in [0.15, 0.2) is 53.4 Å². The topological polar surface area (TPSA) is 71.4 Å². The smallest absolute Gasteiger partial charge is 0.307 e. The fourth-order valence-corrected chi connectivity index (χ4v) is 3.22. The molecule has 0 aliphatic carbocycles. The molecule has 2 aromatic rings. The summed E-state index contributed by atoms with van der Waals surface area (Å²) in [6, 6.07) is 11.0. The fraction of sp³-hybridized carbons (Fsp3) is 0.133. The van der Waals surface area contributed by atoms with Gasteiger partial charge >= 0.3 is 5.97 Å². The lowest BCUT2D eigenvalue weighted by atomic mass is 10.2. The van der Waals surface area contributed by atoms with Gasteiger partial charge in [-0.25, -0.2) is 12.8 Å². The first kappa shape index (κ1) is 15.2. The Morgan fingerprint density at radius 1 is 0.952 bits per heavy atom. The maximum Gasteiger partial charge on any atom is 0.307 e. The van der Waals surface area contributed by atoms with E-state index in [1.54, 1.807) is 0 Å². The molecule has 21 heavy (non-hydrogen) atoms. The molecule has 0 amide bonds. The van der Waals surface area contributed by atoms with E-state index in [0.29, 0.717) is 11.1 Å². The van der Waals surface area contributed by atoms with Gasteiger partial charge in [-0.3, -0.25) is 4.79 Å². The minimum Gasteiger partial charge on any atom is -0.481 e. The number of carboxylic acids is 1. The van der Waals surface area contributed by atoms with Crippen LogP contribution in [0.5, 0.6) is 0 Å². The van der Waals surface area contributed by atoms with Gasteiger partial charge in [0.05, 0.1) is 17.1 Å². The first-order valence-electron chi connectivity index (χ1n) is 6.15. The SMILES string of the molecule is O=C(O)Cc1ccc(S(=O)(=O)Cc2ccc(F)cc2)cc1. The number of rotatable bonds is 5. The van der Waals surface area contributed by atoms with Crippen LogP contribution in [0.3, 0.4) is 0 Å². The van der Waals surface area contributed by atoms with Crippen molar-refractivity contribution in [3.63, 3.8) is 0 Å². The molecule has 0 saturated heterocycles. The molecule has 2 rings (SSSR count). The third kappa shape index (κ3) is 4.13. The zero-order valence-corrected chi connectivity index (χ0v) is 11.8. The van der Waals surface area contributed by atoms with Crippen LogP contribution < -0.4 is 0 Å². The maximum absolute atomic E-state index is 12.8. The van der Waals surface area contributed by atoms with Crippen LogP contribution in [0.25, 0.3) is 0 Å². The van der Waals surface area contributed by atoms with Gasteiger partial charge in [0.1, 0.15) is 5.82 Å². The summed E-state index contributed by atoms with van der Waals surface area (Å²) in [5.74, 6) is -1.63. The minimum atomic E-state index is -3.54. The minimum absolute atomic E-state index is 0.112. The van der Waals surface area contributed by atoms with Gasteiger partial charge in [0.15, 0.2) is 9.84 Å². The number of halogens is 1. The Kier molecular flexibility index (Phi) is 4.37. The lowest BCUT2D eigenvalue weighted by molar-refractivity contribution is -0.136. The summed E-state index contributed by atoms with van der Waals surface area (Å²) in [6.45, 7) is 0.